The van der Waals surface area contributed by atoms with Crippen molar-refractivity contribution in [2.24, 2.45) is 0 Å². The van der Waals surface area contributed by atoms with Gasteiger partial charge in [0, 0.05) is 13.1 Å². The molecule has 17 heavy (non-hydrogen) atoms. The first-order valence-corrected chi connectivity index (χ1v) is 7.30. The molecule has 1 aromatic carbocycles. The van der Waals surface area contributed by atoms with E-state index >= 15 is 0 Å². The second-order valence-electron chi connectivity index (χ2n) is 4.06. The first kappa shape index (κ1) is 12.8. The molecule has 2 N–H and O–H groups in total. The lowest BCUT2D eigenvalue weighted by Crippen LogP contribution is -2.29. The normalized spacial score (nSPS) is 16.5. The predicted octanol–water partition coefficient (Wildman–Crippen LogP) is 1.95. The molecule has 0 aliphatic heterocycles. The van der Waals surface area contributed by atoms with E-state index in [9.17, 15) is 12.8 Å². The van der Waals surface area contributed by atoms with Gasteiger partial charge in [0.15, 0.2) is 0 Å². The number of anilines is 1. The summed E-state index contributed by atoms with van der Waals surface area (Å²) in [5.74, 6) is -0.574. The number of hydrogen-bond donors (Lipinski definition) is 1. The third kappa shape index (κ3) is 2.31. The van der Waals surface area contributed by atoms with Gasteiger partial charge >= 0.3 is 0 Å². The summed E-state index contributed by atoms with van der Waals surface area (Å²) in [6.45, 7) is 0. The molecule has 7 heteroatoms. The van der Waals surface area contributed by atoms with Crippen LogP contribution in [0.1, 0.15) is 12.8 Å². The molecule has 0 spiro atoms. The van der Waals surface area contributed by atoms with E-state index in [-0.39, 0.29) is 21.1 Å². The van der Waals surface area contributed by atoms with E-state index in [1.54, 1.807) is 0 Å². The van der Waals surface area contributed by atoms with Crippen molar-refractivity contribution in [2.75, 3.05) is 12.8 Å². The third-order valence-electron chi connectivity index (χ3n) is 2.77. The van der Waals surface area contributed by atoms with Crippen molar-refractivity contribution in [1.29, 1.82) is 0 Å². The zero-order valence-corrected chi connectivity index (χ0v) is 11.6. The van der Waals surface area contributed by atoms with Gasteiger partial charge in [0.2, 0.25) is 10.0 Å². The van der Waals surface area contributed by atoms with Gasteiger partial charge in [-0.05, 0) is 40.9 Å². The average Bonchev–Trinajstić information content (AvgIpc) is 3.05. The molecule has 0 amide bonds. The van der Waals surface area contributed by atoms with Crippen LogP contribution >= 0.6 is 15.9 Å². The number of halogens is 2. The van der Waals surface area contributed by atoms with E-state index in [2.05, 4.69) is 15.9 Å². The van der Waals surface area contributed by atoms with E-state index < -0.39 is 15.8 Å². The van der Waals surface area contributed by atoms with Gasteiger partial charge in [0.05, 0.1) is 10.2 Å². The van der Waals surface area contributed by atoms with Crippen LogP contribution in [-0.2, 0) is 10.0 Å². The van der Waals surface area contributed by atoms with Crippen molar-refractivity contribution in [2.45, 2.75) is 23.8 Å². The highest BCUT2D eigenvalue weighted by Crippen LogP contribution is 2.33. The zero-order chi connectivity index (χ0) is 12.8. The van der Waals surface area contributed by atoms with Gasteiger partial charge in [-0.1, -0.05) is 0 Å². The van der Waals surface area contributed by atoms with Crippen molar-refractivity contribution in [3.63, 3.8) is 0 Å². The number of nitrogens with two attached hydrogens (primary N) is 1. The molecule has 1 saturated carbocycles. The molecule has 1 aromatic rings. The number of sulfonamides is 1. The molecule has 1 aliphatic carbocycles. The van der Waals surface area contributed by atoms with Crippen LogP contribution in [0.4, 0.5) is 10.1 Å². The van der Waals surface area contributed by atoms with Crippen LogP contribution in [0, 0.1) is 5.82 Å². The maximum Gasteiger partial charge on any atom is 0.245 e. The van der Waals surface area contributed by atoms with Gasteiger partial charge in [0.25, 0.3) is 0 Å². The minimum Gasteiger partial charge on any atom is -0.398 e. The number of nitrogen functional groups attached to an aromatic ring is 1. The fourth-order valence-electron chi connectivity index (χ4n) is 1.56. The second kappa shape index (κ2) is 4.22. The van der Waals surface area contributed by atoms with Crippen molar-refractivity contribution < 1.29 is 12.8 Å². The molecular formula is C10H12BrFN2O2S. The van der Waals surface area contributed by atoms with E-state index in [4.69, 9.17) is 5.73 Å². The lowest BCUT2D eigenvalue weighted by atomic mass is 10.3. The van der Waals surface area contributed by atoms with Gasteiger partial charge in [-0.3, -0.25) is 0 Å². The first-order valence-electron chi connectivity index (χ1n) is 5.06. The minimum absolute atomic E-state index is 0.0447. The van der Waals surface area contributed by atoms with Gasteiger partial charge in [-0.2, -0.15) is 4.31 Å². The van der Waals surface area contributed by atoms with Crippen molar-refractivity contribution in [1.82, 2.24) is 4.31 Å². The fraction of sp³-hybridized carbons (Fsp3) is 0.400. The van der Waals surface area contributed by atoms with E-state index in [1.165, 1.54) is 17.4 Å². The third-order valence-corrected chi connectivity index (χ3v) is 5.34. The van der Waals surface area contributed by atoms with E-state index in [1.807, 2.05) is 0 Å². The molecule has 0 atom stereocenters. The van der Waals surface area contributed by atoms with Crippen LogP contribution in [0.5, 0.6) is 0 Å². The topological polar surface area (TPSA) is 63.4 Å². The quantitative estimate of drug-likeness (QED) is 0.865. The molecule has 4 nitrogen and oxygen atoms in total. The maximum atomic E-state index is 13.2. The largest absolute Gasteiger partial charge is 0.398 e. The van der Waals surface area contributed by atoms with Crippen molar-refractivity contribution >= 4 is 31.6 Å². The molecule has 94 valence electrons. The Morgan fingerprint density at radius 1 is 1.47 bits per heavy atom. The van der Waals surface area contributed by atoms with Gasteiger partial charge < -0.3 is 5.73 Å². The molecule has 2 rings (SSSR count). The van der Waals surface area contributed by atoms with Crippen LogP contribution in [0.15, 0.2) is 21.5 Å². The average molecular weight is 323 g/mol. The Bertz CT molecular complexity index is 558. The lowest BCUT2D eigenvalue weighted by Gasteiger charge is -2.17. The summed E-state index contributed by atoms with van der Waals surface area (Å²) in [6.07, 6.45) is 1.72. The Morgan fingerprint density at radius 3 is 2.59 bits per heavy atom. The molecule has 0 aromatic heterocycles. The molecule has 1 fully saturated rings. The number of nitrogens with zero attached hydrogens (tertiary/aromatic N) is 1. The maximum absolute atomic E-state index is 13.2. The smallest absolute Gasteiger partial charge is 0.245 e. The second-order valence-corrected chi connectivity index (χ2v) is 6.88. The highest BCUT2D eigenvalue weighted by molar-refractivity contribution is 9.10. The summed E-state index contributed by atoms with van der Waals surface area (Å²) >= 11 is 2.96. The zero-order valence-electron chi connectivity index (χ0n) is 9.15. The van der Waals surface area contributed by atoms with Crippen molar-refractivity contribution in [3.8, 4) is 0 Å². The molecule has 0 heterocycles. The molecule has 0 saturated heterocycles. The molecule has 0 radical (unpaired) electrons. The van der Waals surface area contributed by atoms with E-state index in [0.29, 0.717) is 0 Å². The first-order chi connectivity index (χ1) is 7.84. The van der Waals surface area contributed by atoms with Crippen LogP contribution in [0.2, 0.25) is 0 Å². The summed E-state index contributed by atoms with van der Waals surface area (Å²) in [6, 6.07) is 2.26. The van der Waals surface area contributed by atoms with Gasteiger partial charge in [-0.25, -0.2) is 12.8 Å². The molecule has 0 unspecified atom stereocenters. The Hall–Kier alpha value is -0.660. The van der Waals surface area contributed by atoms with Crippen LogP contribution in [0.3, 0.4) is 0 Å². The van der Waals surface area contributed by atoms with Crippen LogP contribution in [-0.4, -0.2) is 25.8 Å². The van der Waals surface area contributed by atoms with Crippen molar-refractivity contribution in [3.05, 3.63) is 22.4 Å². The molecule has 0 bridgehead atoms. The highest BCUT2D eigenvalue weighted by Gasteiger charge is 2.36. The number of hydrogen-bond acceptors (Lipinski definition) is 3. The predicted molar refractivity (Wildman–Crippen MR) is 66.5 cm³/mol. The Morgan fingerprint density at radius 2 is 2.06 bits per heavy atom. The summed E-state index contributed by atoms with van der Waals surface area (Å²) in [5.41, 5.74) is 5.50. The SMILES string of the molecule is CN(C1CC1)S(=O)(=O)c1cc(Br)c(F)cc1N. The van der Waals surface area contributed by atoms with Crippen LogP contribution in [0.25, 0.3) is 0 Å². The minimum atomic E-state index is -3.63. The van der Waals surface area contributed by atoms with Crippen LogP contribution < -0.4 is 5.73 Å². The van der Waals surface area contributed by atoms with Gasteiger partial charge in [0.1, 0.15) is 10.7 Å². The highest BCUT2D eigenvalue weighted by atomic mass is 79.9. The Kier molecular flexibility index (Phi) is 3.17. The molecular weight excluding hydrogens is 311 g/mol. The Labute approximate surface area is 108 Å². The summed E-state index contributed by atoms with van der Waals surface area (Å²) in [4.78, 5) is -0.0554. The number of rotatable bonds is 3. The summed E-state index contributed by atoms with van der Waals surface area (Å²) in [5, 5.41) is 0. The molecule has 1 aliphatic rings. The van der Waals surface area contributed by atoms with Gasteiger partial charge in [-0.15, -0.1) is 0 Å². The van der Waals surface area contributed by atoms with E-state index in [0.717, 1.165) is 18.9 Å². The fourth-order valence-corrected chi connectivity index (χ4v) is 3.59. The Balaban J connectivity index is 2.49. The number of benzene rings is 1. The summed E-state index contributed by atoms with van der Waals surface area (Å²) < 4.78 is 39.0. The monoisotopic (exact) mass is 322 g/mol. The standard InChI is InChI=1S/C10H12BrFN2O2S/c1-14(6-2-3-6)17(15,16)10-4-7(11)8(12)5-9(10)13/h4-6H,2-3,13H2,1H3. The lowest BCUT2D eigenvalue weighted by molar-refractivity contribution is 0.464. The summed E-state index contributed by atoms with van der Waals surface area (Å²) in [7, 11) is -2.12.